The van der Waals surface area contributed by atoms with Crippen LogP contribution in [0.25, 0.3) is 0 Å². The molecular formula is C14H23F3O3S. The molecule has 7 heteroatoms. The highest BCUT2D eigenvalue weighted by Crippen LogP contribution is 2.46. The lowest BCUT2D eigenvalue weighted by Crippen LogP contribution is -2.33. The zero-order valence-electron chi connectivity index (χ0n) is 12.7. The van der Waals surface area contributed by atoms with E-state index in [2.05, 4.69) is 31.5 Å². The van der Waals surface area contributed by atoms with Gasteiger partial charge in [-0.05, 0) is 30.1 Å². The Bertz CT molecular complexity index is 480. The largest absolute Gasteiger partial charge is 0.534 e. The monoisotopic (exact) mass is 328 g/mol. The molecule has 0 heterocycles. The highest BCUT2D eigenvalue weighted by atomic mass is 32.2. The molecule has 21 heavy (non-hydrogen) atoms. The van der Waals surface area contributed by atoms with Crippen LogP contribution in [0.5, 0.6) is 0 Å². The first kappa shape index (κ1) is 18.3. The molecule has 2 unspecified atom stereocenters. The summed E-state index contributed by atoms with van der Waals surface area (Å²) in [7, 11) is -5.59. The normalized spacial score (nSPS) is 26.4. The predicted octanol–water partition coefficient (Wildman–Crippen LogP) is 4.61. The van der Waals surface area contributed by atoms with Gasteiger partial charge in [0.1, 0.15) is 5.76 Å². The third kappa shape index (κ3) is 4.63. The van der Waals surface area contributed by atoms with Crippen LogP contribution in [0.3, 0.4) is 0 Å². The van der Waals surface area contributed by atoms with Gasteiger partial charge in [0.15, 0.2) is 0 Å². The molecule has 1 aliphatic rings. The number of allylic oxidation sites excluding steroid dienone is 1. The first-order valence-corrected chi connectivity index (χ1v) is 8.46. The van der Waals surface area contributed by atoms with E-state index in [4.69, 9.17) is 0 Å². The fraction of sp³-hybridized carbons (Fsp3) is 0.857. The van der Waals surface area contributed by atoms with Gasteiger partial charge in [0.2, 0.25) is 0 Å². The molecule has 0 aromatic rings. The molecule has 3 nitrogen and oxygen atoms in total. The molecule has 1 fully saturated rings. The zero-order chi connectivity index (χ0) is 16.5. The van der Waals surface area contributed by atoms with Gasteiger partial charge in [-0.3, -0.25) is 0 Å². The Morgan fingerprint density at radius 2 is 1.95 bits per heavy atom. The van der Waals surface area contributed by atoms with Gasteiger partial charge < -0.3 is 4.18 Å². The van der Waals surface area contributed by atoms with Crippen molar-refractivity contribution in [3.8, 4) is 0 Å². The topological polar surface area (TPSA) is 43.4 Å². The van der Waals surface area contributed by atoms with E-state index in [-0.39, 0.29) is 17.6 Å². The van der Waals surface area contributed by atoms with E-state index in [0.717, 1.165) is 19.3 Å². The molecule has 0 bridgehead atoms. The van der Waals surface area contributed by atoms with Crippen molar-refractivity contribution in [2.24, 2.45) is 17.3 Å². The number of hydrogen-bond acceptors (Lipinski definition) is 3. The van der Waals surface area contributed by atoms with Crippen molar-refractivity contribution < 1.29 is 25.8 Å². The Balaban J connectivity index is 2.61. The summed E-state index contributed by atoms with van der Waals surface area (Å²) in [6, 6.07) is 0. The SMILES string of the molecule is C=C(CCC1C(C)CCCC1(C)C)OS(=O)(=O)C(F)(F)F. The minimum absolute atomic E-state index is 0.0981. The lowest BCUT2D eigenvalue weighted by atomic mass is 9.62. The molecule has 1 saturated carbocycles. The summed E-state index contributed by atoms with van der Waals surface area (Å²) in [4.78, 5) is 0. The predicted molar refractivity (Wildman–Crippen MR) is 74.7 cm³/mol. The minimum Gasteiger partial charge on any atom is -0.381 e. The minimum atomic E-state index is -5.59. The Kier molecular flexibility index (Phi) is 5.40. The highest BCUT2D eigenvalue weighted by molar-refractivity contribution is 7.87. The number of halogens is 3. The molecule has 0 aromatic heterocycles. The second-order valence-electron chi connectivity index (χ2n) is 6.53. The number of alkyl halides is 3. The first-order chi connectivity index (χ1) is 9.37. The summed E-state index contributed by atoms with van der Waals surface area (Å²) in [5.74, 6) is 0.432. The van der Waals surface area contributed by atoms with Crippen molar-refractivity contribution in [1.82, 2.24) is 0 Å². The molecule has 0 amide bonds. The lowest BCUT2D eigenvalue weighted by molar-refractivity contribution is -0.0524. The maximum absolute atomic E-state index is 12.2. The molecular weight excluding hydrogens is 305 g/mol. The second kappa shape index (κ2) is 6.18. The second-order valence-corrected chi connectivity index (χ2v) is 8.06. The van der Waals surface area contributed by atoms with Crippen LogP contribution in [0.15, 0.2) is 12.3 Å². The standard InChI is InChI=1S/C14H23F3O3S/c1-10-6-5-9-13(3,4)12(10)8-7-11(2)20-21(18,19)14(15,16)17/h10,12H,2,5-9H2,1,3-4H3. The highest BCUT2D eigenvalue weighted by Gasteiger charge is 2.48. The van der Waals surface area contributed by atoms with Gasteiger partial charge in [-0.15, -0.1) is 0 Å². The van der Waals surface area contributed by atoms with E-state index in [1.165, 1.54) is 0 Å². The van der Waals surface area contributed by atoms with Gasteiger partial charge >= 0.3 is 15.6 Å². The third-order valence-electron chi connectivity index (χ3n) is 4.42. The molecule has 0 radical (unpaired) electrons. The molecule has 0 aromatic carbocycles. The van der Waals surface area contributed by atoms with Gasteiger partial charge in [-0.2, -0.15) is 21.6 Å². The van der Waals surface area contributed by atoms with Crippen molar-refractivity contribution in [1.29, 1.82) is 0 Å². The Hall–Kier alpha value is -0.720. The Morgan fingerprint density at radius 1 is 1.38 bits per heavy atom. The molecule has 0 spiro atoms. The molecule has 0 saturated heterocycles. The summed E-state index contributed by atoms with van der Waals surface area (Å²) in [6.07, 6.45) is 4.00. The quantitative estimate of drug-likeness (QED) is 0.420. The van der Waals surface area contributed by atoms with Crippen LogP contribution >= 0.6 is 0 Å². The van der Waals surface area contributed by atoms with Crippen LogP contribution in [0, 0.1) is 17.3 Å². The van der Waals surface area contributed by atoms with Crippen LogP contribution < -0.4 is 0 Å². The molecule has 124 valence electrons. The van der Waals surface area contributed by atoms with Crippen molar-refractivity contribution >= 4 is 10.1 Å². The van der Waals surface area contributed by atoms with Gasteiger partial charge in [0, 0.05) is 6.42 Å². The van der Waals surface area contributed by atoms with Gasteiger partial charge in [0.05, 0.1) is 0 Å². The van der Waals surface area contributed by atoms with Crippen molar-refractivity contribution in [2.75, 3.05) is 0 Å². The summed E-state index contributed by atoms with van der Waals surface area (Å²) >= 11 is 0. The molecule has 0 aliphatic heterocycles. The molecule has 2 atom stereocenters. The maximum Gasteiger partial charge on any atom is 0.534 e. The Morgan fingerprint density at radius 3 is 2.43 bits per heavy atom. The number of rotatable bonds is 5. The summed E-state index contributed by atoms with van der Waals surface area (Å²) in [5, 5.41) is 0. The van der Waals surface area contributed by atoms with Crippen LogP contribution in [-0.2, 0) is 14.3 Å². The molecule has 1 aliphatic carbocycles. The fourth-order valence-electron chi connectivity index (χ4n) is 3.27. The zero-order valence-corrected chi connectivity index (χ0v) is 13.5. The number of hydrogen-bond donors (Lipinski definition) is 0. The summed E-state index contributed by atoms with van der Waals surface area (Å²) in [5.41, 5.74) is -5.31. The average Bonchev–Trinajstić information content (AvgIpc) is 2.24. The smallest absolute Gasteiger partial charge is 0.381 e. The van der Waals surface area contributed by atoms with E-state index < -0.39 is 15.6 Å². The van der Waals surface area contributed by atoms with Crippen molar-refractivity contribution in [3.63, 3.8) is 0 Å². The summed E-state index contributed by atoms with van der Waals surface area (Å²) in [6.45, 7) is 9.72. The van der Waals surface area contributed by atoms with Crippen LogP contribution in [0.1, 0.15) is 52.9 Å². The van der Waals surface area contributed by atoms with Gasteiger partial charge in [0.25, 0.3) is 0 Å². The van der Waals surface area contributed by atoms with E-state index >= 15 is 0 Å². The summed E-state index contributed by atoms with van der Waals surface area (Å²) < 4.78 is 62.5. The molecule has 0 N–H and O–H groups in total. The lowest BCUT2D eigenvalue weighted by Gasteiger charge is -2.43. The van der Waals surface area contributed by atoms with Crippen molar-refractivity contribution in [3.05, 3.63) is 12.3 Å². The van der Waals surface area contributed by atoms with E-state index in [9.17, 15) is 21.6 Å². The van der Waals surface area contributed by atoms with E-state index in [1.807, 2.05) is 0 Å². The molecule has 1 rings (SSSR count). The maximum atomic E-state index is 12.2. The van der Waals surface area contributed by atoms with E-state index in [0.29, 0.717) is 18.3 Å². The van der Waals surface area contributed by atoms with Gasteiger partial charge in [-0.25, -0.2) is 0 Å². The fourth-order valence-corrected chi connectivity index (χ4v) is 3.76. The van der Waals surface area contributed by atoms with Crippen molar-refractivity contribution in [2.45, 2.75) is 58.4 Å². The van der Waals surface area contributed by atoms with Crippen LogP contribution in [0.2, 0.25) is 0 Å². The first-order valence-electron chi connectivity index (χ1n) is 7.05. The van der Waals surface area contributed by atoms with E-state index in [1.54, 1.807) is 0 Å². The van der Waals surface area contributed by atoms with Crippen LogP contribution in [-0.4, -0.2) is 13.9 Å². The third-order valence-corrected chi connectivity index (χ3v) is 5.44. The Labute approximate surface area is 124 Å². The van der Waals surface area contributed by atoms with Gasteiger partial charge in [-0.1, -0.05) is 40.2 Å². The van der Waals surface area contributed by atoms with Crippen LogP contribution in [0.4, 0.5) is 13.2 Å². The average molecular weight is 328 g/mol.